The van der Waals surface area contributed by atoms with Gasteiger partial charge in [0.1, 0.15) is 5.82 Å². The lowest BCUT2D eigenvalue weighted by molar-refractivity contribution is -0.131. The van der Waals surface area contributed by atoms with E-state index in [4.69, 9.17) is 4.42 Å². The monoisotopic (exact) mass is 389 g/mol. The first-order chi connectivity index (χ1) is 13.0. The highest BCUT2D eigenvalue weighted by atomic mass is 32.2. The molecular formula is C18H23N5O3S. The Hall–Kier alpha value is -2.29. The lowest BCUT2D eigenvalue weighted by Gasteiger charge is -2.35. The van der Waals surface area contributed by atoms with Gasteiger partial charge < -0.3 is 18.8 Å². The lowest BCUT2D eigenvalue weighted by atomic mass is 10.2. The van der Waals surface area contributed by atoms with Crippen LogP contribution in [-0.2, 0) is 4.79 Å². The first-order valence-electron chi connectivity index (χ1n) is 9.24. The highest BCUT2D eigenvalue weighted by molar-refractivity contribution is 8.00. The van der Waals surface area contributed by atoms with Crippen LogP contribution < -0.4 is 0 Å². The summed E-state index contributed by atoms with van der Waals surface area (Å²) in [6.07, 6.45) is 3.80. The normalized spacial score (nSPS) is 18.6. The number of rotatable bonds is 5. The highest BCUT2D eigenvalue weighted by Gasteiger charge is 2.32. The van der Waals surface area contributed by atoms with Crippen molar-refractivity contribution in [2.75, 3.05) is 26.2 Å². The molecule has 2 aliphatic rings. The van der Waals surface area contributed by atoms with E-state index in [-0.39, 0.29) is 17.1 Å². The van der Waals surface area contributed by atoms with Crippen LogP contribution in [0.2, 0.25) is 0 Å². The Morgan fingerprint density at radius 3 is 2.52 bits per heavy atom. The van der Waals surface area contributed by atoms with E-state index in [1.54, 1.807) is 17.0 Å². The fraction of sp³-hybridized carbons (Fsp3) is 0.556. The fourth-order valence-corrected chi connectivity index (χ4v) is 4.38. The van der Waals surface area contributed by atoms with Gasteiger partial charge in [-0.1, -0.05) is 11.8 Å². The predicted octanol–water partition coefficient (Wildman–Crippen LogP) is 1.98. The zero-order valence-corrected chi connectivity index (χ0v) is 16.3. The summed E-state index contributed by atoms with van der Waals surface area (Å²) in [7, 11) is 0. The molecule has 4 rings (SSSR count). The summed E-state index contributed by atoms with van der Waals surface area (Å²) in [5, 5.41) is 9.00. The Morgan fingerprint density at radius 2 is 1.89 bits per heavy atom. The Bertz CT molecular complexity index is 822. The first kappa shape index (κ1) is 18.1. The molecule has 27 heavy (non-hydrogen) atoms. The third kappa shape index (κ3) is 3.73. The molecule has 1 saturated heterocycles. The van der Waals surface area contributed by atoms with Crippen LogP contribution in [0.15, 0.2) is 28.0 Å². The van der Waals surface area contributed by atoms with Crippen LogP contribution in [0.3, 0.4) is 0 Å². The molecule has 0 N–H and O–H groups in total. The van der Waals surface area contributed by atoms with Gasteiger partial charge in [0.15, 0.2) is 10.9 Å². The SMILES string of the molecule is Cc1nnc(S[C@@H](C)C(=O)N2CCN(C(=O)c3ccco3)CC2)n1C1CC1. The Balaban J connectivity index is 1.33. The van der Waals surface area contributed by atoms with Gasteiger partial charge in [0, 0.05) is 32.2 Å². The molecular weight excluding hydrogens is 366 g/mol. The molecule has 0 radical (unpaired) electrons. The minimum atomic E-state index is -0.238. The fourth-order valence-electron chi connectivity index (χ4n) is 3.34. The highest BCUT2D eigenvalue weighted by Crippen LogP contribution is 2.39. The molecule has 1 atom stereocenters. The summed E-state index contributed by atoms with van der Waals surface area (Å²) < 4.78 is 7.32. The van der Waals surface area contributed by atoms with E-state index >= 15 is 0 Å². The zero-order valence-electron chi connectivity index (χ0n) is 15.5. The van der Waals surface area contributed by atoms with Crippen molar-refractivity contribution < 1.29 is 14.0 Å². The van der Waals surface area contributed by atoms with Gasteiger partial charge in [-0.25, -0.2) is 0 Å². The largest absolute Gasteiger partial charge is 0.459 e. The molecule has 0 aromatic carbocycles. The van der Waals surface area contributed by atoms with Crippen LogP contribution >= 0.6 is 11.8 Å². The average Bonchev–Trinajstić information content (AvgIpc) is 3.22. The summed E-state index contributed by atoms with van der Waals surface area (Å²) in [5.41, 5.74) is 0. The third-order valence-electron chi connectivity index (χ3n) is 4.99. The summed E-state index contributed by atoms with van der Waals surface area (Å²) >= 11 is 1.47. The van der Waals surface area contributed by atoms with E-state index in [0.717, 1.165) is 23.8 Å². The van der Waals surface area contributed by atoms with Crippen LogP contribution in [0.4, 0.5) is 0 Å². The summed E-state index contributed by atoms with van der Waals surface area (Å²) in [5.74, 6) is 1.20. The molecule has 8 nitrogen and oxygen atoms in total. The molecule has 1 saturated carbocycles. The smallest absolute Gasteiger partial charge is 0.289 e. The second-order valence-electron chi connectivity index (χ2n) is 6.99. The minimum Gasteiger partial charge on any atom is -0.459 e. The van der Waals surface area contributed by atoms with E-state index in [9.17, 15) is 9.59 Å². The van der Waals surface area contributed by atoms with Crippen molar-refractivity contribution >= 4 is 23.6 Å². The second kappa shape index (κ2) is 7.38. The predicted molar refractivity (Wildman–Crippen MR) is 99.5 cm³/mol. The number of hydrogen-bond acceptors (Lipinski definition) is 6. The maximum absolute atomic E-state index is 12.8. The summed E-state index contributed by atoms with van der Waals surface area (Å²) in [6, 6.07) is 3.85. The van der Waals surface area contributed by atoms with Crippen molar-refractivity contribution in [2.45, 2.75) is 43.1 Å². The van der Waals surface area contributed by atoms with E-state index < -0.39 is 0 Å². The van der Waals surface area contributed by atoms with Gasteiger partial charge >= 0.3 is 0 Å². The maximum atomic E-state index is 12.8. The number of aromatic nitrogens is 3. The first-order valence-corrected chi connectivity index (χ1v) is 10.1. The molecule has 1 aliphatic heterocycles. The number of carbonyl (C=O) groups excluding carboxylic acids is 2. The molecule has 9 heteroatoms. The van der Waals surface area contributed by atoms with Crippen LogP contribution in [0.25, 0.3) is 0 Å². The number of thioether (sulfide) groups is 1. The minimum absolute atomic E-state index is 0.0769. The molecule has 144 valence electrons. The summed E-state index contributed by atoms with van der Waals surface area (Å²) in [6.45, 7) is 5.96. The van der Waals surface area contributed by atoms with Crippen LogP contribution in [-0.4, -0.2) is 67.8 Å². The Labute approximate surface area is 161 Å². The molecule has 0 bridgehead atoms. The van der Waals surface area contributed by atoms with E-state index in [0.29, 0.717) is 38.0 Å². The molecule has 0 spiro atoms. The quantitative estimate of drug-likeness (QED) is 0.727. The van der Waals surface area contributed by atoms with Crippen LogP contribution in [0.1, 0.15) is 42.2 Å². The molecule has 2 amide bonds. The van der Waals surface area contributed by atoms with Gasteiger partial charge in [-0.05, 0) is 38.8 Å². The standard InChI is InChI=1S/C18H23N5O3S/c1-12(27-18-20-19-13(2)23(18)14-5-6-14)16(24)21-7-9-22(10-8-21)17(25)15-4-3-11-26-15/h3-4,11-12,14H,5-10H2,1-2H3/t12-/m0/s1. The van der Waals surface area contributed by atoms with Crippen molar-refractivity contribution in [2.24, 2.45) is 0 Å². The number of aryl methyl sites for hydroxylation is 1. The summed E-state index contributed by atoms with van der Waals surface area (Å²) in [4.78, 5) is 28.7. The van der Waals surface area contributed by atoms with Gasteiger partial charge in [-0.3, -0.25) is 9.59 Å². The number of carbonyl (C=O) groups is 2. The number of furan rings is 1. The van der Waals surface area contributed by atoms with E-state index in [2.05, 4.69) is 14.8 Å². The van der Waals surface area contributed by atoms with Crippen molar-refractivity contribution in [1.82, 2.24) is 24.6 Å². The van der Waals surface area contributed by atoms with Gasteiger partial charge in [-0.15, -0.1) is 10.2 Å². The molecule has 2 aromatic rings. The number of piperazine rings is 1. The Morgan fingerprint density at radius 1 is 1.19 bits per heavy atom. The zero-order chi connectivity index (χ0) is 19.0. The van der Waals surface area contributed by atoms with Gasteiger partial charge in [0.25, 0.3) is 5.91 Å². The average molecular weight is 389 g/mol. The van der Waals surface area contributed by atoms with E-state index in [1.807, 2.05) is 18.7 Å². The number of hydrogen-bond donors (Lipinski definition) is 0. The van der Waals surface area contributed by atoms with E-state index in [1.165, 1.54) is 18.0 Å². The van der Waals surface area contributed by atoms with Crippen LogP contribution in [0.5, 0.6) is 0 Å². The molecule has 2 aromatic heterocycles. The van der Waals surface area contributed by atoms with Crippen molar-refractivity contribution in [1.29, 1.82) is 0 Å². The number of amides is 2. The molecule has 0 unspecified atom stereocenters. The molecule has 3 heterocycles. The van der Waals surface area contributed by atoms with Gasteiger partial charge in [-0.2, -0.15) is 0 Å². The second-order valence-corrected chi connectivity index (χ2v) is 8.29. The maximum Gasteiger partial charge on any atom is 0.289 e. The Kier molecular flexibility index (Phi) is 4.94. The van der Waals surface area contributed by atoms with Crippen LogP contribution in [0, 0.1) is 6.92 Å². The van der Waals surface area contributed by atoms with Crippen molar-refractivity contribution in [3.63, 3.8) is 0 Å². The third-order valence-corrected chi connectivity index (χ3v) is 6.03. The van der Waals surface area contributed by atoms with Gasteiger partial charge in [0.05, 0.1) is 11.5 Å². The topological polar surface area (TPSA) is 84.5 Å². The lowest BCUT2D eigenvalue weighted by Crippen LogP contribution is -2.52. The van der Waals surface area contributed by atoms with Crippen molar-refractivity contribution in [3.05, 3.63) is 30.0 Å². The molecule has 2 fully saturated rings. The molecule has 1 aliphatic carbocycles. The number of nitrogens with zero attached hydrogens (tertiary/aromatic N) is 5. The van der Waals surface area contributed by atoms with Crippen molar-refractivity contribution in [3.8, 4) is 0 Å². The van der Waals surface area contributed by atoms with Gasteiger partial charge in [0.2, 0.25) is 5.91 Å².